The predicted octanol–water partition coefficient (Wildman–Crippen LogP) is 2.59. The van der Waals surface area contributed by atoms with Crippen molar-refractivity contribution in [1.82, 2.24) is 5.48 Å². The third kappa shape index (κ3) is 4.97. The molecule has 0 heterocycles. The number of nitrogens with zero attached hydrogens (tertiary/aromatic N) is 2. The van der Waals surface area contributed by atoms with Crippen LogP contribution in [0.5, 0.6) is 5.75 Å². The minimum absolute atomic E-state index is 0.0525. The number of hydrogen-bond acceptors (Lipinski definition) is 7. The van der Waals surface area contributed by atoms with Gasteiger partial charge in [-0.25, -0.2) is 10.3 Å². The smallest absolute Gasteiger partial charge is 0.275 e. The lowest BCUT2D eigenvalue weighted by atomic mass is 10.2. The fraction of sp³-hybridized carbons (Fsp3) is 0.133. The lowest BCUT2D eigenvalue weighted by Gasteiger charge is -2.15. The van der Waals surface area contributed by atoms with Gasteiger partial charge in [-0.2, -0.15) is 0 Å². The zero-order valence-corrected chi connectivity index (χ0v) is 12.9. The van der Waals surface area contributed by atoms with E-state index < -0.39 is 22.0 Å². The maximum atomic E-state index is 11.9. The average molecular weight is 347 g/mol. The highest BCUT2D eigenvalue weighted by Gasteiger charge is 2.13. The number of non-ortho nitro benzene ring substituents is 2. The first-order valence-electron chi connectivity index (χ1n) is 6.98. The molecule has 10 nitrogen and oxygen atoms in total. The van der Waals surface area contributed by atoms with Crippen LogP contribution in [0.1, 0.15) is 17.3 Å². The van der Waals surface area contributed by atoms with Gasteiger partial charge in [0.2, 0.25) is 6.29 Å². The molecule has 130 valence electrons. The van der Waals surface area contributed by atoms with Crippen molar-refractivity contribution in [1.29, 1.82) is 0 Å². The van der Waals surface area contributed by atoms with Crippen LogP contribution >= 0.6 is 0 Å². The van der Waals surface area contributed by atoms with Gasteiger partial charge >= 0.3 is 0 Å². The zero-order valence-electron chi connectivity index (χ0n) is 12.9. The molecule has 0 saturated heterocycles. The highest BCUT2D eigenvalue weighted by molar-refractivity contribution is 5.94. The first kappa shape index (κ1) is 17.8. The second-order valence-corrected chi connectivity index (χ2v) is 4.79. The van der Waals surface area contributed by atoms with Crippen LogP contribution in [0.3, 0.4) is 0 Å². The molecule has 2 aromatic rings. The molecule has 1 unspecified atom stereocenters. The average Bonchev–Trinajstić information content (AvgIpc) is 2.60. The molecule has 0 spiro atoms. The van der Waals surface area contributed by atoms with E-state index >= 15 is 0 Å². The lowest BCUT2D eigenvalue weighted by molar-refractivity contribution is -0.385. The number of hydroxylamine groups is 1. The van der Waals surface area contributed by atoms with Crippen LogP contribution in [0.25, 0.3) is 0 Å². The first-order chi connectivity index (χ1) is 11.9. The zero-order chi connectivity index (χ0) is 18.4. The Morgan fingerprint density at radius 3 is 2.28 bits per heavy atom. The van der Waals surface area contributed by atoms with Gasteiger partial charge < -0.3 is 4.74 Å². The van der Waals surface area contributed by atoms with Gasteiger partial charge in [0.25, 0.3) is 17.3 Å². The molecule has 10 heteroatoms. The van der Waals surface area contributed by atoms with E-state index in [1.54, 1.807) is 0 Å². The number of benzene rings is 2. The van der Waals surface area contributed by atoms with Crippen LogP contribution in [0.15, 0.2) is 48.5 Å². The number of amides is 1. The minimum Gasteiger partial charge on any atom is -0.463 e. The highest BCUT2D eigenvalue weighted by Crippen LogP contribution is 2.18. The van der Waals surface area contributed by atoms with E-state index in [2.05, 4.69) is 5.48 Å². The number of nitro groups is 2. The quantitative estimate of drug-likeness (QED) is 0.462. The van der Waals surface area contributed by atoms with Crippen molar-refractivity contribution < 1.29 is 24.2 Å². The van der Waals surface area contributed by atoms with Crippen molar-refractivity contribution in [2.45, 2.75) is 13.2 Å². The topological polar surface area (TPSA) is 134 Å². The molecule has 2 aromatic carbocycles. The maximum absolute atomic E-state index is 11.9. The molecule has 0 saturated carbocycles. The molecule has 0 bridgehead atoms. The predicted molar refractivity (Wildman–Crippen MR) is 84.8 cm³/mol. The molecule has 2 rings (SSSR count). The number of nitrogens with one attached hydrogen (secondary N) is 1. The Morgan fingerprint density at radius 1 is 1.04 bits per heavy atom. The number of rotatable bonds is 7. The second kappa shape index (κ2) is 7.84. The Bertz CT molecular complexity index is 792. The van der Waals surface area contributed by atoms with Gasteiger partial charge in [0.05, 0.1) is 9.85 Å². The van der Waals surface area contributed by atoms with Crippen molar-refractivity contribution in [2.24, 2.45) is 0 Å². The van der Waals surface area contributed by atoms with Crippen LogP contribution in [-0.4, -0.2) is 22.0 Å². The summed E-state index contributed by atoms with van der Waals surface area (Å²) in [4.78, 5) is 37.0. The number of ether oxygens (including phenoxy) is 1. The van der Waals surface area contributed by atoms with Crippen molar-refractivity contribution in [3.8, 4) is 5.75 Å². The SMILES string of the molecule is CC(ONC(=O)c1cccc([N+](=O)[O-])c1)Oc1ccc([N+](=O)[O-])cc1. The van der Waals surface area contributed by atoms with Crippen LogP contribution < -0.4 is 10.2 Å². The molecule has 25 heavy (non-hydrogen) atoms. The van der Waals surface area contributed by atoms with E-state index in [9.17, 15) is 25.0 Å². The van der Waals surface area contributed by atoms with Crippen molar-refractivity contribution in [3.05, 3.63) is 74.3 Å². The molecule has 1 amide bonds. The van der Waals surface area contributed by atoms with Crippen molar-refractivity contribution >= 4 is 17.3 Å². The Kier molecular flexibility index (Phi) is 5.58. The molecule has 1 atom stereocenters. The Labute approximate surface area is 141 Å². The summed E-state index contributed by atoms with van der Waals surface area (Å²) in [6.07, 6.45) is -0.899. The first-order valence-corrected chi connectivity index (χ1v) is 6.98. The summed E-state index contributed by atoms with van der Waals surface area (Å²) in [6, 6.07) is 10.5. The van der Waals surface area contributed by atoms with Gasteiger partial charge in [-0.15, -0.1) is 0 Å². The molecule has 0 aliphatic heterocycles. The largest absolute Gasteiger partial charge is 0.463 e. The van der Waals surface area contributed by atoms with Gasteiger partial charge in [-0.3, -0.25) is 25.0 Å². The van der Waals surface area contributed by atoms with E-state index in [0.29, 0.717) is 5.75 Å². The van der Waals surface area contributed by atoms with E-state index in [0.717, 1.165) is 6.07 Å². The van der Waals surface area contributed by atoms with Crippen molar-refractivity contribution in [3.63, 3.8) is 0 Å². The molecular weight excluding hydrogens is 334 g/mol. The summed E-state index contributed by atoms with van der Waals surface area (Å²) < 4.78 is 5.33. The Balaban J connectivity index is 1.89. The summed E-state index contributed by atoms with van der Waals surface area (Å²) in [5, 5.41) is 21.3. The van der Waals surface area contributed by atoms with E-state index in [4.69, 9.17) is 9.57 Å². The molecular formula is C15H13N3O7. The standard InChI is InChI=1S/C15H13N3O7/c1-10(24-14-7-5-12(6-8-14)17(20)21)25-16-15(19)11-3-2-4-13(9-11)18(22)23/h2-10H,1H3,(H,16,19). The number of carbonyl (C=O) groups excluding carboxylic acids is 1. The lowest BCUT2D eigenvalue weighted by Crippen LogP contribution is -2.31. The van der Waals surface area contributed by atoms with Gasteiger partial charge in [-0.1, -0.05) is 6.07 Å². The summed E-state index contributed by atoms with van der Waals surface area (Å²) in [5.41, 5.74) is 1.87. The fourth-order valence-corrected chi connectivity index (χ4v) is 1.82. The summed E-state index contributed by atoms with van der Waals surface area (Å²) in [7, 11) is 0. The van der Waals surface area contributed by atoms with Crippen LogP contribution in [0.4, 0.5) is 11.4 Å². The third-order valence-electron chi connectivity index (χ3n) is 2.99. The maximum Gasteiger partial charge on any atom is 0.275 e. The monoisotopic (exact) mass is 347 g/mol. The second-order valence-electron chi connectivity index (χ2n) is 4.79. The van der Waals surface area contributed by atoms with Crippen LogP contribution in [0.2, 0.25) is 0 Å². The van der Waals surface area contributed by atoms with Gasteiger partial charge in [0, 0.05) is 36.8 Å². The normalized spacial score (nSPS) is 11.4. The van der Waals surface area contributed by atoms with Crippen LogP contribution in [-0.2, 0) is 4.84 Å². The summed E-state index contributed by atoms with van der Waals surface area (Å²) in [5.74, 6) is -0.370. The number of hydrogen-bond donors (Lipinski definition) is 1. The van der Waals surface area contributed by atoms with Gasteiger partial charge in [-0.05, 0) is 18.2 Å². The third-order valence-corrected chi connectivity index (χ3v) is 2.99. The fourth-order valence-electron chi connectivity index (χ4n) is 1.82. The Morgan fingerprint density at radius 2 is 1.68 bits per heavy atom. The summed E-state index contributed by atoms with van der Waals surface area (Å²) >= 11 is 0. The molecule has 0 radical (unpaired) electrons. The number of nitro benzene ring substituents is 2. The highest BCUT2D eigenvalue weighted by atomic mass is 16.8. The van der Waals surface area contributed by atoms with Crippen molar-refractivity contribution in [2.75, 3.05) is 0 Å². The van der Waals surface area contributed by atoms with Crippen LogP contribution in [0, 0.1) is 20.2 Å². The minimum atomic E-state index is -0.899. The number of carbonyl (C=O) groups is 1. The van der Waals surface area contributed by atoms with E-state index in [1.807, 2.05) is 0 Å². The molecule has 0 aromatic heterocycles. The summed E-state index contributed by atoms with van der Waals surface area (Å²) in [6.45, 7) is 1.50. The van der Waals surface area contributed by atoms with E-state index in [-0.39, 0.29) is 16.9 Å². The Hall–Kier alpha value is -3.53. The molecule has 1 N–H and O–H groups in total. The van der Waals surface area contributed by atoms with E-state index in [1.165, 1.54) is 49.4 Å². The molecule has 0 fully saturated rings. The molecule has 0 aliphatic carbocycles. The molecule has 0 aliphatic rings. The van der Waals surface area contributed by atoms with Gasteiger partial charge in [0.15, 0.2) is 0 Å². The van der Waals surface area contributed by atoms with Gasteiger partial charge in [0.1, 0.15) is 5.75 Å².